The molecule has 0 saturated carbocycles. The van der Waals surface area contributed by atoms with Gasteiger partial charge in [-0.05, 0) is 52.5 Å². The molecule has 0 radical (unpaired) electrons. The van der Waals surface area contributed by atoms with Gasteiger partial charge in [0.25, 0.3) is 0 Å². The second-order valence-electron chi connectivity index (χ2n) is 10.6. The number of hydrogen-bond acceptors (Lipinski definition) is 7. The maximum Gasteiger partial charge on any atom is 0.303 e. The molecule has 8 atom stereocenters. The van der Waals surface area contributed by atoms with Crippen LogP contribution in [0.4, 0.5) is 0 Å². The molecule has 3 rings (SSSR count). The number of hydrogen-bond donors (Lipinski definition) is 2. The molecule has 3 aliphatic heterocycles. The molecule has 0 aromatic heterocycles. The number of carbonyl (C=O) groups excluding carboxylic acids is 2. The van der Waals surface area contributed by atoms with Crippen molar-refractivity contribution in [3.8, 4) is 0 Å². The summed E-state index contributed by atoms with van der Waals surface area (Å²) < 4.78 is 22.6. The predicted molar refractivity (Wildman–Crippen MR) is 131 cm³/mol. The van der Waals surface area contributed by atoms with Crippen LogP contribution in [0.15, 0.2) is 36.0 Å². The van der Waals surface area contributed by atoms with Gasteiger partial charge >= 0.3 is 5.97 Å². The Kier molecular flexibility index (Phi) is 8.96. The van der Waals surface area contributed by atoms with E-state index in [2.05, 4.69) is 18.3 Å². The first kappa shape index (κ1) is 27.6. The van der Waals surface area contributed by atoms with E-state index in [9.17, 15) is 14.7 Å². The number of allylic oxidation sites excluding steroid dienone is 2. The Morgan fingerprint density at radius 2 is 1.97 bits per heavy atom. The third-order valence-corrected chi connectivity index (χ3v) is 6.84. The lowest BCUT2D eigenvalue weighted by atomic mass is 9.88. The van der Waals surface area contributed by atoms with Gasteiger partial charge in [-0.3, -0.25) is 9.59 Å². The third kappa shape index (κ3) is 8.56. The van der Waals surface area contributed by atoms with Gasteiger partial charge in [-0.1, -0.05) is 30.7 Å². The van der Waals surface area contributed by atoms with Crippen LogP contribution in [0.5, 0.6) is 0 Å². The van der Waals surface area contributed by atoms with Crippen molar-refractivity contribution in [2.24, 2.45) is 5.92 Å². The Morgan fingerprint density at radius 3 is 2.63 bits per heavy atom. The lowest BCUT2D eigenvalue weighted by Crippen LogP contribution is -2.50. The standard InChI is InChI=1S/C27H41NO7/c1-17(7-10-22-14-27(16-32-27)15-26(6,31)35-22)8-11-24-18(2)13-23(20(4)34-24)28-25(30)12-9-19(3)33-21(5)29/h7-10,12,18-20,22-24,31H,11,13-16H2,1-6H3,(H,28,30)/t18-,19-,20+,22+,23+,24-,26-,27+/m0/s1. The van der Waals surface area contributed by atoms with Gasteiger partial charge in [-0.15, -0.1) is 0 Å². The summed E-state index contributed by atoms with van der Waals surface area (Å²) in [7, 11) is 0. The molecule has 2 N–H and O–H groups in total. The highest BCUT2D eigenvalue weighted by Gasteiger charge is 2.54. The van der Waals surface area contributed by atoms with Crippen molar-refractivity contribution in [1.29, 1.82) is 0 Å². The zero-order valence-electron chi connectivity index (χ0n) is 21.8. The van der Waals surface area contributed by atoms with Crippen LogP contribution in [0.3, 0.4) is 0 Å². The van der Waals surface area contributed by atoms with Crippen molar-refractivity contribution < 1.29 is 33.6 Å². The van der Waals surface area contributed by atoms with E-state index < -0.39 is 11.9 Å². The summed E-state index contributed by atoms with van der Waals surface area (Å²) >= 11 is 0. The van der Waals surface area contributed by atoms with E-state index in [1.165, 1.54) is 13.0 Å². The van der Waals surface area contributed by atoms with Gasteiger partial charge < -0.3 is 29.4 Å². The van der Waals surface area contributed by atoms with E-state index in [-0.39, 0.29) is 47.7 Å². The number of rotatable bonds is 8. The number of nitrogens with one attached hydrogen (secondary N) is 1. The molecule has 3 heterocycles. The molecule has 0 aliphatic carbocycles. The van der Waals surface area contributed by atoms with E-state index in [0.29, 0.717) is 13.0 Å². The van der Waals surface area contributed by atoms with Gasteiger partial charge in [0.05, 0.1) is 36.6 Å². The van der Waals surface area contributed by atoms with Crippen molar-refractivity contribution in [3.05, 3.63) is 36.0 Å². The molecule has 3 fully saturated rings. The summed E-state index contributed by atoms with van der Waals surface area (Å²) in [6.45, 7) is 11.6. The first-order chi connectivity index (χ1) is 16.4. The topological polar surface area (TPSA) is 107 Å². The molecule has 1 amide bonds. The van der Waals surface area contributed by atoms with Crippen molar-refractivity contribution in [2.45, 2.75) is 109 Å². The maximum absolute atomic E-state index is 12.3. The zero-order valence-corrected chi connectivity index (χ0v) is 21.8. The average molecular weight is 492 g/mol. The molecule has 3 aliphatic rings. The lowest BCUT2D eigenvalue weighted by molar-refractivity contribution is -0.244. The normalized spacial score (nSPS) is 38.6. The number of amides is 1. The van der Waals surface area contributed by atoms with Gasteiger partial charge in [0.15, 0.2) is 5.79 Å². The van der Waals surface area contributed by atoms with E-state index in [1.807, 2.05) is 26.0 Å². The van der Waals surface area contributed by atoms with Crippen LogP contribution in [0.1, 0.15) is 67.2 Å². The number of esters is 1. The lowest BCUT2D eigenvalue weighted by Gasteiger charge is -2.39. The average Bonchev–Trinajstić information content (AvgIpc) is 3.47. The van der Waals surface area contributed by atoms with Crippen LogP contribution in [-0.2, 0) is 28.5 Å². The van der Waals surface area contributed by atoms with Crippen LogP contribution >= 0.6 is 0 Å². The summed E-state index contributed by atoms with van der Waals surface area (Å²) in [6.07, 6.45) is 11.4. The number of carbonyl (C=O) groups is 2. The Labute approximate surface area is 208 Å². The Morgan fingerprint density at radius 1 is 1.26 bits per heavy atom. The smallest absolute Gasteiger partial charge is 0.303 e. The molecule has 0 bridgehead atoms. The Bertz CT molecular complexity index is 852. The van der Waals surface area contributed by atoms with Crippen molar-refractivity contribution in [2.75, 3.05) is 6.61 Å². The first-order valence-corrected chi connectivity index (χ1v) is 12.6. The SMILES string of the molecule is CC(=O)O[C@@H](C)C=CC(=O)N[C@@H]1C[C@H](C)[C@H](CC=C(C)C=C[C@@H]2C[C@]3(CO3)C[C@@](C)(O)O2)O[C@@H]1C. The fraction of sp³-hybridized carbons (Fsp3) is 0.704. The van der Waals surface area contributed by atoms with Gasteiger partial charge in [0.2, 0.25) is 5.91 Å². The Hall–Kier alpha value is -2.00. The van der Waals surface area contributed by atoms with Crippen LogP contribution in [0.2, 0.25) is 0 Å². The van der Waals surface area contributed by atoms with Gasteiger partial charge in [-0.25, -0.2) is 0 Å². The largest absolute Gasteiger partial charge is 0.459 e. The monoisotopic (exact) mass is 491 g/mol. The predicted octanol–water partition coefficient (Wildman–Crippen LogP) is 3.34. The molecule has 0 aromatic rings. The molecule has 0 unspecified atom stereocenters. The van der Waals surface area contributed by atoms with Gasteiger partial charge in [-0.2, -0.15) is 0 Å². The van der Waals surface area contributed by atoms with Crippen LogP contribution < -0.4 is 5.32 Å². The van der Waals surface area contributed by atoms with E-state index in [4.69, 9.17) is 18.9 Å². The summed E-state index contributed by atoms with van der Waals surface area (Å²) in [6, 6.07) is -0.0828. The molecule has 196 valence electrons. The molecular weight excluding hydrogens is 450 g/mol. The van der Waals surface area contributed by atoms with Crippen molar-refractivity contribution in [3.63, 3.8) is 0 Å². The summed E-state index contributed by atoms with van der Waals surface area (Å²) in [5, 5.41) is 13.4. The maximum atomic E-state index is 12.3. The third-order valence-electron chi connectivity index (χ3n) is 6.84. The highest BCUT2D eigenvalue weighted by molar-refractivity contribution is 5.87. The van der Waals surface area contributed by atoms with E-state index in [1.54, 1.807) is 19.9 Å². The summed E-state index contributed by atoms with van der Waals surface area (Å²) in [5.41, 5.74) is 0.883. The summed E-state index contributed by atoms with van der Waals surface area (Å²) in [4.78, 5) is 23.3. The van der Waals surface area contributed by atoms with E-state index >= 15 is 0 Å². The minimum absolute atomic E-state index is 0.0656. The quantitative estimate of drug-likeness (QED) is 0.232. The molecule has 1 spiro atoms. The first-order valence-electron chi connectivity index (χ1n) is 12.6. The zero-order chi connectivity index (χ0) is 25.8. The molecule has 8 heteroatoms. The van der Waals surface area contributed by atoms with Crippen molar-refractivity contribution in [1.82, 2.24) is 5.32 Å². The molecule has 0 aromatic carbocycles. The van der Waals surface area contributed by atoms with Crippen molar-refractivity contribution >= 4 is 11.9 Å². The minimum Gasteiger partial charge on any atom is -0.459 e. The van der Waals surface area contributed by atoms with Gasteiger partial charge in [0.1, 0.15) is 6.10 Å². The fourth-order valence-corrected chi connectivity index (χ4v) is 4.97. The Balaban J connectivity index is 1.46. The fourth-order valence-electron chi connectivity index (χ4n) is 4.97. The molecular formula is C27H41NO7. The number of aliphatic hydroxyl groups is 1. The second-order valence-corrected chi connectivity index (χ2v) is 10.6. The van der Waals surface area contributed by atoms with Crippen LogP contribution in [-0.4, -0.2) is 65.4 Å². The molecule has 35 heavy (non-hydrogen) atoms. The second kappa shape index (κ2) is 11.4. The highest BCUT2D eigenvalue weighted by Crippen LogP contribution is 2.45. The number of epoxide rings is 1. The van der Waals surface area contributed by atoms with Crippen LogP contribution in [0, 0.1) is 5.92 Å². The highest BCUT2D eigenvalue weighted by atomic mass is 16.7. The van der Waals surface area contributed by atoms with Crippen LogP contribution in [0.25, 0.3) is 0 Å². The summed E-state index contributed by atoms with van der Waals surface area (Å²) in [5.74, 6) is -1.49. The van der Waals surface area contributed by atoms with E-state index in [0.717, 1.165) is 24.8 Å². The molecule has 8 nitrogen and oxygen atoms in total. The molecule has 3 saturated heterocycles. The minimum atomic E-state index is -1.16. The van der Waals surface area contributed by atoms with Gasteiger partial charge in [0, 0.05) is 25.8 Å². The number of ether oxygens (including phenoxy) is 4.